The Morgan fingerprint density at radius 3 is 2.43 bits per heavy atom. The first kappa shape index (κ1) is 27.6. The van der Waals surface area contributed by atoms with Crippen molar-refractivity contribution in [3.05, 3.63) is 80.1 Å². The number of methoxy groups -OCH3 is 1. The third-order valence-electron chi connectivity index (χ3n) is 5.62. The largest absolute Gasteiger partial charge is 0.490 e. The number of nitrogens with zero attached hydrogens (tertiary/aromatic N) is 2. The first-order valence-corrected chi connectivity index (χ1v) is 14.5. The standard InChI is InChI=1S/C26H25I2N3O5S/c1-5-35-19-8-7-15(12-20(19)36-6-2)23-16(25(33)34-4)13-30-26-31(23)24(32)21(37-26)11-14-9-17(27)22(29-3)18(28)10-14/h7-13,23,29H,5-6H2,1-4H3/b21-11-/t23-/m0/s1. The Hall–Kier alpha value is -2.39. The van der Waals surface area contributed by atoms with Crippen molar-refractivity contribution in [1.29, 1.82) is 0 Å². The number of hydrogen-bond acceptors (Lipinski definition) is 8. The minimum absolute atomic E-state index is 0.238. The van der Waals surface area contributed by atoms with Crippen LogP contribution >= 0.6 is 56.5 Å². The Kier molecular flexibility index (Phi) is 8.95. The summed E-state index contributed by atoms with van der Waals surface area (Å²) in [5.74, 6) is 0.582. The monoisotopic (exact) mass is 745 g/mol. The second-order valence-electron chi connectivity index (χ2n) is 7.86. The van der Waals surface area contributed by atoms with E-state index in [9.17, 15) is 9.59 Å². The number of halogens is 2. The van der Waals surface area contributed by atoms with Crippen LogP contribution in [0.25, 0.3) is 6.08 Å². The van der Waals surface area contributed by atoms with E-state index in [2.05, 4.69) is 55.5 Å². The van der Waals surface area contributed by atoms with Gasteiger partial charge in [0.25, 0.3) is 5.56 Å². The number of carbonyl (C=O) groups is 1. The maximum absolute atomic E-state index is 13.8. The highest BCUT2D eigenvalue weighted by Gasteiger charge is 2.31. The highest BCUT2D eigenvalue weighted by atomic mass is 127. The summed E-state index contributed by atoms with van der Waals surface area (Å²) < 4.78 is 20.7. The SMILES string of the molecule is CCOc1ccc([C@H]2C(C(=O)OC)=CN=c3s/c(=C\c4cc(I)c(NC)c(I)c4)c(=O)n32)cc1OCC. The topological polar surface area (TPSA) is 91.2 Å². The summed E-state index contributed by atoms with van der Waals surface area (Å²) >= 11 is 5.83. The van der Waals surface area contributed by atoms with E-state index >= 15 is 0 Å². The zero-order chi connectivity index (χ0) is 26.7. The molecule has 0 saturated carbocycles. The lowest BCUT2D eigenvalue weighted by Gasteiger charge is -2.23. The van der Waals surface area contributed by atoms with Crippen LogP contribution < -0.4 is 29.7 Å². The second-order valence-corrected chi connectivity index (χ2v) is 11.2. The number of anilines is 1. The normalized spacial score (nSPS) is 14.9. The zero-order valence-corrected chi connectivity index (χ0v) is 25.8. The number of esters is 1. The number of fused-ring (bicyclic) bond motifs is 1. The van der Waals surface area contributed by atoms with Gasteiger partial charge in [0.05, 0.1) is 42.2 Å². The lowest BCUT2D eigenvalue weighted by Crippen LogP contribution is -2.39. The van der Waals surface area contributed by atoms with Gasteiger partial charge in [-0.05, 0) is 100 Å². The van der Waals surface area contributed by atoms with Crippen LogP contribution in [0.15, 0.2) is 51.9 Å². The molecular weight excluding hydrogens is 720 g/mol. The number of hydrogen-bond donors (Lipinski definition) is 1. The number of thiazole rings is 1. The Labute approximate surface area is 245 Å². The van der Waals surface area contributed by atoms with Crippen molar-refractivity contribution in [3.63, 3.8) is 0 Å². The van der Waals surface area contributed by atoms with Crippen LogP contribution in [0.3, 0.4) is 0 Å². The lowest BCUT2D eigenvalue weighted by molar-refractivity contribution is -0.136. The van der Waals surface area contributed by atoms with E-state index in [0.717, 1.165) is 18.4 Å². The molecule has 0 amide bonds. The molecular formula is C26H25I2N3O5S. The van der Waals surface area contributed by atoms with Crippen molar-refractivity contribution >= 4 is 74.3 Å². The highest BCUT2D eigenvalue weighted by molar-refractivity contribution is 14.1. The predicted octanol–water partition coefficient (Wildman–Crippen LogP) is 4.07. The Balaban J connectivity index is 1.90. The molecule has 0 radical (unpaired) electrons. The third-order valence-corrected chi connectivity index (χ3v) is 8.32. The molecule has 1 N–H and O–H groups in total. The van der Waals surface area contributed by atoms with Gasteiger partial charge >= 0.3 is 5.97 Å². The Bertz CT molecular complexity index is 1540. The smallest absolute Gasteiger partial charge is 0.337 e. The molecule has 0 aliphatic carbocycles. The molecule has 0 spiro atoms. The average Bonchev–Trinajstić information content (AvgIpc) is 3.19. The summed E-state index contributed by atoms with van der Waals surface area (Å²) in [6.07, 6.45) is 3.34. The van der Waals surface area contributed by atoms with Gasteiger partial charge in [0.1, 0.15) is 0 Å². The van der Waals surface area contributed by atoms with Gasteiger partial charge in [-0.1, -0.05) is 17.4 Å². The van der Waals surface area contributed by atoms with Gasteiger partial charge in [-0.2, -0.15) is 0 Å². The third kappa shape index (κ3) is 5.58. The Morgan fingerprint density at radius 1 is 1.14 bits per heavy atom. The molecule has 0 fully saturated rings. The second kappa shape index (κ2) is 12.0. The van der Waals surface area contributed by atoms with Gasteiger partial charge < -0.3 is 19.5 Å². The fraction of sp³-hybridized carbons (Fsp3) is 0.269. The van der Waals surface area contributed by atoms with Crippen LogP contribution in [0.5, 0.6) is 11.5 Å². The first-order valence-electron chi connectivity index (χ1n) is 11.5. The van der Waals surface area contributed by atoms with Gasteiger partial charge in [0, 0.05) is 20.4 Å². The molecule has 8 nitrogen and oxygen atoms in total. The Morgan fingerprint density at radius 2 is 1.81 bits per heavy atom. The molecule has 2 aromatic carbocycles. The van der Waals surface area contributed by atoms with Crippen LogP contribution in [0.2, 0.25) is 0 Å². The summed E-state index contributed by atoms with van der Waals surface area (Å²) in [5.41, 5.74) is 2.66. The fourth-order valence-electron chi connectivity index (χ4n) is 4.05. The zero-order valence-electron chi connectivity index (χ0n) is 20.6. The molecule has 2 heterocycles. The predicted molar refractivity (Wildman–Crippen MR) is 161 cm³/mol. The van der Waals surface area contributed by atoms with Crippen molar-refractivity contribution in [2.45, 2.75) is 19.9 Å². The maximum Gasteiger partial charge on any atom is 0.337 e. The van der Waals surface area contributed by atoms with Crippen LogP contribution in [0.4, 0.5) is 5.69 Å². The van der Waals surface area contributed by atoms with E-state index in [1.54, 1.807) is 16.7 Å². The highest BCUT2D eigenvalue weighted by Crippen LogP contribution is 2.35. The van der Waals surface area contributed by atoms with Crippen molar-refractivity contribution in [1.82, 2.24) is 4.57 Å². The van der Waals surface area contributed by atoms with Gasteiger partial charge in [-0.15, -0.1) is 0 Å². The maximum atomic E-state index is 13.8. The number of rotatable bonds is 8. The molecule has 194 valence electrons. The van der Waals surface area contributed by atoms with Crippen LogP contribution in [-0.2, 0) is 9.53 Å². The number of nitrogens with one attached hydrogen (secondary N) is 1. The van der Waals surface area contributed by atoms with Crippen LogP contribution in [0.1, 0.15) is 31.0 Å². The van der Waals surface area contributed by atoms with Crippen molar-refractivity contribution in [2.75, 3.05) is 32.7 Å². The van der Waals surface area contributed by atoms with E-state index in [-0.39, 0.29) is 11.1 Å². The molecule has 3 aromatic rings. The average molecular weight is 745 g/mol. The minimum atomic E-state index is -0.729. The first-order chi connectivity index (χ1) is 17.8. The van der Waals surface area contributed by atoms with E-state index in [0.29, 0.717) is 39.6 Å². The van der Waals surface area contributed by atoms with E-state index in [1.165, 1.54) is 24.6 Å². The molecule has 0 saturated heterocycles. The minimum Gasteiger partial charge on any atom is -0.490 e. The summed E-state index contributed by atoms with van der Waals surface area (Å²) in [6, 6.07) is 8.74. The lowest BCUT2D eigenvalue weighted by atomic mass is 9.97. The number of benzene rings is 2. The van der Waals surface area contributed by atoms with Gasteiger partial charge in [0.15, 0.2) is 16.3 Å². The summed E-state index contributed by atoms with van der Waals surface area (Å²) in [4.78, 5) is 31.5. The quantitative estimate of drug-likeness (QED) is 0.277. The van der Waals surface area contributed by atoms with Crippen molar-refractivity contribution in [3.8, 4) is 11.5 Å². The summed E-state index contributed by atoms with van der Waals surface area (Å²) in [5, 5.41) is 3.20. The molecule has 1 aromatic heterocycles. The number of aromatic nitrogens is 1. The molecule has 1 atom stereocenters. The van der Waals surface area contributed by atoms with E-state index < -0.39 is 12.0 Å². The van der Waals surface area contributed by atoms with Crippen molar-refractivity contribution in [2.24, 2.45) is 4.99 Å². The fourth-order valence-corrected chi connectivity index (χ4v) is 7.38. The summed E-state index contributed by atoms with van der Waals surface area (Å²) in [7, 11) is 3.20. The molecule has 11 heteroatoms. The van der Waals surface area contributed by atoms with E-state index in [4.69, 9.17) is 14.2 Å². The van der Waals surface area contributed by atoms with Gasteiger partial charge in [-0.25, -0.2) is 9.79 Å². The van der Waals surface area contributed by atoms with Crippen LogP contribution in [0, 0.1) is 7.14 Å². The van der Waals surface area contributed by atoms with Gasteiger partial charge in [0.2, 0.25) is 0 Å². The number of ether oxygens (including phenoxy) is 3. The summed E-state index contributed by atoms with van der Waals surface area (Å²) in [6.45, 7) is 4.70. The number of carbonyl (C=O) groups excluding carboxylic acids is 1. The molecule has 1 aliphatic rings. The van der Waals surface area contributed by atoms with Crippen LogP contribution in [-0.4, -0.2) is 37.9 Å². The molecule has 0 unspecified atom stereocenters. The van der Waals surface area contributed by atoms with E-state index in [1.807, 2.05) is 45.2 Å². The van der Waals surface area contributed by atoms with Crippen molar-refractivity contribution < 1.29 is 19.0 Å². The van der Waals surface area contributed by atoms with Gasteiger partial charge in [-0.3, -0.25) is 9.36 Å². The molecule has 1 aliphatic heterocycles. The molecule has 4 rings (SSSR count). The molecule has 37 heavy (non-hydrogen) atoms. The molecule has 0 bridgehead atoms.